The van der Waals surface area contributed by atoms with Crippen molar-refractivity contribution in [2.24, 2.45) is 0 Å². The van der Waals surface area contributed by atoms with E-state index in [-0.39, 0.29) is 16.9 Å². The van der Waals surface area contributed by atoms with E-state index < -0.39 is 4.92 Å². The lowest BCUT2D eigenvalue weighted by molar-refractivity contribution is -0.386. The number of rotatable bonds is 2. The summed E-state index contributed by atoms with van der Waals surface area (Å²) in [6.07, 6.45) is 0. The molecule has 0 saturated carbocycles. The Bertz CT molecular complexity index is 444. The molecule has 0 aromatic heterocycles. The Morgan fingerprint density at radius 1 is 1.31 bits per heavy atom. The Hall–Kier alpha value is -1.71. The first-order valence-electron chi connectivity index (χ1n) is 5.03. The van der Waals surface area contributed by atoms with Crippen molar-refractivity contribution in [1.29, 1.82) is 0 Å². The Kier molecular flexibility index (Phi) is 3.12. The molecule has 0 aliphatic carbocycles. The number of nitro groups is 1. The number of ketones is 1. The Morgan fingerprint density at radius 3 is 2.25 bits per heavy atom. The van der Waals surface area contributed by atoms with Crippen LogP contribution in [0.4, 0.5) is 5.69 Å². The maximum Gasteiger partial charge on any atom is 0.273 e. The van der Waals surface area contributed by atoms with Crippen molar-refractivity contribution in [1.82, 2.24) is 0 Å². The molecule has 0 heterocycles. The quantitative estimate of drug-likeness (QED) is 0.438. The lowest BCUT2D eigenvalue weighted by atomic mass is 9.85. The molecule has 0 radical (unpaired) electrons. The average molecular weight is 221 g/mol. The van der Waals surface area contributed by atoms with E-state index in [1.165, 1.54) is 13.0 Å². The van der Waals surface area contributed by atoms with E-state index in [9.17, 15) is 14.9 Å². The average Bonchev–Trinajstić information content (AvgIpc) is 2.15. The van der Waals surface area contributed by atoms with Crippen LogP contribution >= 0.6 is 0 Å². The molecular weight excluding hydrogens is 206 g/mol. The number of nitro benzene ring substituents is 1. The summed E-state index contributed by atoms with van der Waals surface area (Å²) < 4.78 is 0. The van der Waals surface area contributed by atoms with Gasteiger partial charge in [-0.3, -0.25) is 14.9 Å². The number of benzene rings is 1. The summed E-state index contributed by atoms with van der Waals surface area (Å²) in [6.45, 7) is 7.12. The van der Waals surface area contributed by atoms with Crippen LogP contribution in [0.3, 0.4) is 0 Å². The summed E-state index contributed by atoms with van der Waals surface area (Å²) in [5, 5.41) is 10.9. The Balaban J connectivity index is 3.43. The molecule has 4 nitrogen and oxygen atoms in total. The first kappa shape index (κ1) is 12.4. The van der Waals surface area contributed by atoms with Gasteiger partial charge in [0.15, 0.2) is 5.78 Å². The highest BCUT2D eigenvalue weighted by Crippen LogP contribution is 2.31. The van der Waals surface area contributed by atoms with Gasteiger partial charge in [0.05, 0.1) is 4.92 Å². The minimum Gasteiger partial charge on any atom is -0.295 e. The van der Waals surface area contributed by atoms with Gasteiger partial charge in [-0.15, -0.1) is 0 Å². The molecule has 0 fully saturated rings. The molecule has 0 amide bonds. The van der Waals surface area contributed by atoms with Crippen LogP contribution in [0.2, 0.25) is 0 Å². The summed E-state index contributed by atoms with van der Waals surface area (Å²) in [5.74, 6) is -0.163. The molecule has 0 bridgehead atoms. The van der Waals surface area contributed by atoms with Crippen LogP contribution in [0.5, 0.6) is 0 Å². The highest BCUT2D eigenvalue weighted by atomic mass is 16.6. The summed E-state index contributed by atoms with van der Waals surface area (Å²) >= 11 is 0. The van der Waals surface area contributed by atoms with Crippen molar-refractivity contribution >= 4 is 11.5 Å². The zero-order valence-corrected chi connectivity index (χ0v) is 9.90. The van der Waals surface area contributed by atoms with Crippen molar-refractivity contribution in [3.05, 3.63) is 39.4 Å². The molecule has 0 unspecified atom stereocenters. The van der Waals surface area contributed by atoms with Crippen molar-refractivity contribution in [2.75, 3.05) is 0 Å². The van der Waals surface area contributed by atoms with Gasteiger partial charge in [-0.25, -0.2) is 0 Å². The third-order valence-corrected chi connectivity index (χ3v) is 2.41. The summed E-state index contributed by atoms with van der Waals surface area (Å²) in [7, 11) is 0. The van der Waals surface area contributed by atoms with E-state index in [0.29, 0.717) is 11.1 Å². The third kappa shape index (κ3) is 2.45. The molecule has 16 heavy (non-hydrogen) atoms. The zero-order valence-electron chi connectivity index (χ0n) is 9.90. The molecular formula is C12H15NO3. The molecule has 4 heteroatoms. The van der Waals surface area contributed by atoms with Gasteiger partial charge in [-0.05, 0) is 12.3 Å². The van der Waals surface area contributed by atoms with Gasteiger partial charge in [0.1, 0.15) is 0 Å². The molecule has 0 saturated heterocycles. The number of Topliss-reactive ketones (excluding diaryl/α,β-unsaturated/α-hetero) is 1. The highest BCUT2D eigenvalue weighted by Gasteiger charge is 2.25. The van der Waals surface area contributed by atoms with Crippen LogP contribution in [-0.4, -0.2) is 10.7 Å². The predicted molar refractivity (Wildman–Crippen MR) is 61.8 cm³/mol. The maximum atomic E-state index is 11.2. The molecule has 0 aliphatic rings. The number of hydrogen-bond acceptors (Lipinski definition) is 3. The number of hydrogen-bond donors (Lipinski definition) is 0. The Labute approximate surface area is 94.4 Å². The topological polar surface area (TPSA) is 60.2 Å². The normalized spacial score (nSPS) is 11.2. The fourth-order valence-corrected chi connectivity index (χ4v) is 1.54. The van der Waals surface area contributed by atoms with Crippen LogP contribution in [-0.2, 0) is 5.41 Å². The maximum absolute atomic E-state index is 11.2. The largest absolute Gasteiger partial charge is 0.295 e. The van der Waals surface area contributed by atoms with Crippen molar-refractivity contribution in [3.63, 3.8) is 0 Å². The second kappa shape index (κ2) is 4.04. The van der Waals surface area contributed by atoms with E-state index in [0.717, 1.165) is 0 Å². The minimum atomic E-state index is -0.437. The van der Waals surface area contributed by atoms with Crippen LogP contribution in [0, 0.1) is 10.1 Å². The SMILES string of the molecule is CC(=O)c1ccc(C(C)(C)C)c([N+](=O)[O-])c1. The summed E-state index contributed by atoms with van der Waals surface area (Å²) in [5.41, 5.74) is 0.722. The first-order valence-corrected chi connectivity index (χ1v) is 5.03. The van der Waals surface area contributed by atoms with Crippen molar-refractivity contribution < 1.29 is 9.72 Å². The molecule has 86 valence electrons. The monoisotopic (exact) mass is 221 g/mol. The fourth-order valence-electron chi connectivity index (χ4n) is 1.54. The lowest BCUT2D eigenvalue weighted by Gasteiger charge is -2.18. The van der Waals surface area contributed by atoms with Crippen LogP contribution < -0.4 is 0 Å². The second-order valence-corrected chi connectivity index (χ2v) is 4.80. The first-order chi connectivity index (χ1) is 7.23. The second-order valence-electron chi connectivity index (χ2n) is 4.80. The Morgan fingerprint density at radius 2 is 1.88 bits per heavy atom. The van der Waals surface area contributed by atoms with Gasteiger partial charge in [-0.1, -0.05) is 32.9 Å². The zero-order chi connectivity index (χ0) is 12.5. The van der Waals surface area contributed by atoms with E-state index in [1.807, 2.05) is 20.8 Å². The molecule has 1 rings (SSSR count). The van der Waals surface area contributed by atoms with E-state index in [4.69, 9.17) is 0 Å². The van der Waals surface area contributed by atoms with E-state index >= 15 is 0 Å². The van der Waals surface area contributed by atoms with Gasteiger partial charge < -0.3 is 0 Å². The molecule has 1 aromatic rings. The van der Waals surface area contributed by atoms with Crippen LogP contribution in [0.15, 0.2) is 18.2 Å². The lowest BCUT2D eigenvalue weighted by Crippen LogP contribution is -2.14. The van der Waals surface area contributed by atoms with Gasteiger partial charge in [0, 0.05) is 17.2 Å². The smallest absolute Gasteiger partial charge is 0.273 e. The molecule has 0 atom stereocenters. The number of nitrogens with zero attached hydrogens (tertiary/aromatic N) is 1. The fraction of sp³-hybridized carbons (Fsp3) is 0.417. The van der Waals surface area contributed by atoms with Crippen LogP contribution in [0.25, 0.3) is 0 Å². The highest BCUT2D eigenvalue weighted by molar-refractivity contribution is 5.94. The van der Waals surface area contributed by atoms with Crippen molar-refractivity contribution in [3.8, 4) is 0 Å². The van der Waals surface area contributed by atoms with Gasteiger partial charge in [0.2, 0.25) is 0 Å². The standard InChI is InChI=1S/C12H15NO3/c1-8(14)9-5-6-10(12(2,3)4)11(7-9)13(15)16/h5-7H,1-4H3. The van der Waals surface area contributed by atoms with Gasteiger partial charge in [-0.2, -0.15) is 0 Å². The van der Waals surface area contributed by atoms with Crippen molar-refractivity contribution in [2.45, 2.75) is 33.1 Å². The molecule has 0 N–H and O–H groups in total. The third-order valence-electron chi connectivity index (χ3n) is 2.41. The molecule has 1 aromatic carbocycles. The van der Waals surface area contributed by atoms with E-state index in [2.05, 4.69) is 0 Å². The molecule has 0 spiro atoms. The minimum absolute atomic E-state index is 0.0141. The number of carbonyl (C=O) groups excluding carboxylic acids is 1. The van der Waals surface area contributed by atoms with E-state index in [1.54, 1.807) is 12.1 Å². The summed E-state index contributed by atoms with van der Waals surface area (Å²) in [6, 6.07) is 4.65. The predicted octanol–water partition coefficient (Wildman–Crippen LogP) is 3.09. The number of carbonyl (C=O) groups is 1. The molecule has 0 aliphatic heterocycles. The summed E-state index contributed by atoms with van der Waals surface area (Å²) in [4.78, 5) is 21.7. The van der Waals surface area contributed by atoms with Gasteiger partial charge in [0.25, 0.3) is 5.69 Å². The van der Waals surface area contributed by atoms with Gasteiger partial charge >= 0.3 is 0 Å². The van der Waals surface area contributed by atoms with Crippen LogP contribution in [0.1, 0.15) is 43.6 Å².